The fraction of sp³-hybridized carbons (Fsp3) is 0.480. The quantitative estimate of drug-likeness (QED) is 0.646. The fourth-order valence-electron chi connectivity index (χ4n) is 4.37. The number of nitrogens with zero attached hydrogens (tertiary/aromatic N) is 2. The number of benzene rings is 2. The van der Waals surface area contributed by atoms with Crippen molar-refractivity contribution in [3.8, 4) is 5.75 Å². The molecule has 2 aliphatic heterocycles. The molecule has 2 aromatic rings. The fourth-order valence-corrected chi connectivity index (χ4v) is 5.42. The molecular formula is C25H33N3O5S. The molecule has 0 aromatic heterocycles. The molecule has 0 radical (unpaired) electrons. The molecule has 2 fully saturated rings. The first kappa shape index (κ1) is 24.5. The molecule has 2 saturated heterocycles. The van der Waals surface area contributed by atoms with Crippen LogP contribution < -0.4 is 14.4 Å². The van der Waals surface area contributed by atoms with Gasteiger partial charge < -0.3 is 19.3 Å². The summed E-state index contributed by atoms with van der Waals surface area (Å²) in [6.45, 7) is 4.64. The van der Waals surface area contributed by atoms with Crippen LogP contribution in [-0.4, -0.2) is 65.7 Å². The highest BCUT2D eigenvalue weighted by Gasteiger charge is 2.24. The summed E-state index contributed by atoms with van der Waals surface area (Å²) in [7, 11) is -2.32. The second-order valence-corrected chi connectivity index (χ2v) is 10.4. The second kappa shape index (κ2) is 11.2. The first-order valence-corrected chi connectivity index (χ1v) is 13.3. The summed E-state index contributed by atoms with van der Waals surface area (Å²) in [6, 6.07) is 12.3. The van der Waals surface area contributed by atoms with Crippen LogP contribution in [0, 0.1) is 0 Å². The maximum Gasteiger partial charge on any atom is 0.257 e. The Kier molecular flexibility index (Phi) is 8.07. The van der Waals surface area contributed by atoms with Gasteiger partial charge in [0.1, 0.15) is 5.75 Å². The van der Waals surface area contributed by atoms with Crippen LogP contribution in [0.5, 0.6) is 5.75 Å². The molecule has 184 valence electrons. The zero-order valence-corrected chi connectivity index (χ0v) is 20.5. The van der Waals surface area contributed by atoms with Gasteiger partial charge in [-0.1, -0.05) is 25.0 Å². The molecule has 2 aromatic carbocycles. The Morgan fingerprint density at radius 2 is 1.65 bits per heavy atom. The van der Waals surface area contributed by atoms with Gasteiger partial charge >= 0.3 is 0 Å². The van der Waals surface area contributed by atoms with E-state index in [9.17, 15) is 13.2 Å². The molecule has 1 N–H and O–H groups in total. The van der Waals surface area contributed by atoms with Crippen LogP contribution in [0.15, 0.2) is 47.4 Å². The standard InChI is InChI=1S/C25H33N3O5S/c1-32-24-11-10-22(18-23(24)25(29)28-12-4-2-3-5-13-28)34(30,31)26-19-20-6-8-21(9-7-20)27-14-16-33-17-15-27/h6-11,18,26H,2-5,12-17,19H2,1H3. The Morgan fingerprint density at radius 1 is 0.971 bits per heavy atom. The summed E-state index contributed by atoms with van der Waals surface area (Å²) in [5.74, 6) is 0.196. The van der Waals surface area contributed by atoms with E-state index in [2.05, 4.69) is 9.62 Å². The van der Waals surface area contributed by atoms with Gasteiger partial charge in [0.2, 0.25) is 10.0 Å². The number of carbonyl (C=O) groups excluding carboxylic acids is 1. The summed E-state index contributed by atoms with van der Waals surface area (Å²) < 4.78 is 39.5. The van der Waals surface area contributed by atoms with E-state index < -0.39 is 10.0 Å². The van der Waals surface area contributed by atoms with Crippen LogP contribution in [0.4, 0.5) is 5.69 Å². The number of carbonyl (C=O) groups is 1. The van der Waals surface area contributed by atoms with Gasteiger partial charge in [-0.05, 0) is 48.7 Å². The average molecular weight is 488 g/mol. The third-order valence-corrected chi connectivity index (χ3v) is 7.78. The molecule has 0 atom stereocenters. The minimum absolute atomic E-state index is 0.0522. The number of amides is 1. The van der Waals surface area contributed by atoms with Gasteiger partial charge in [0.05, 0.1) is 30.8 Å². The van der Waals surface area contributed by atoms with E-state index in [4.69, 9.17) is 9.47 Å². The molecule has 0 bridgehead atoms. The lowest BCUT2D eigenvalue weighted by molar-refractivity contribution is 0.0758. The number of nitrogens with one attached hydrogen (secondary N) is 1. The summed E-state index contributed by atoms with van der Waals surface area (Å²) in [6.07, 6.45) is 4.12. The monoisotopic (exact) mass is 487 g/mol. The molecule has 0 spiro atoms. The number of hydrogen-bond donors (Lipinski definition) is 1. The Bertz CT molecular complexity index is 1070. The first-order valence-electron chi connectivity index (χ1n) is 11.9. The molecule has 0 saturated carbocycles. The van der Waals surface area contributed by atoms with Crippen molar-refractivity contribution in [3.05, 3.63) is 53.6 Å². The van der Waals surface area contributed by atoms with Gasteiger partial charge in [-0.2, -0.15) is 0 Å². The van der Waals surface area contributed by atoms with E-state index in [0.717, 1.165) is 50.0 Å². The number of hydrogen-bond acceptors (Lipinski definition) is 6. The van der Waals surface area contributed by atoms with Gasteiger partial charge in [0, 0.05) is 38.4 Å². The van der Waals surface area contributed by atoms with Crippen molar-refractivity contribution in [3.63, 3.8) is 0 Å². The number of sulfonamides is 1. The number of methoxy groups -OCH3 is 1. The highest BCUT2D eigenvalue weighted by atomic mass is 32.2. The SMILES string of the molecule is COc1ccc(S(=O)(=O)NCc2ccc(N3CCOCC3)cc2)cc1C(=O)N1CCCCCC1. The number of ether oxygens (including phenoxy) is 2. The Balaban J connectivity index is 1.46. The topological polar surface area (TPSA) is 88.2 Å². The summed E-state index contributed by atoms with van der Waals surface area (Å²) in [4.78, 5) is 17.3. The minimum atomic E-state index is -3.81. The van der Waals surface area contributed by atoms with E-state index in [1.54, 1.807) is 11.0 Å². The van der Waals surface area contributed by atoms with Crippen molar-refractivity contribution in [2.45, 2.75) is 37.1 Å². The summed E-state index contributed by atoms with van der Waals surface area (Å²) in [5, 5.41) is 0. The lowest BCUT2D eigenvalue weighted by atomic mass is 10.1. The molecule has 2 heterocycles. The Morgan fingerprint density at radius 3 is 2.29 bits per heavy atom. The smallest absolute Gasteiger partial charge is 0.257 e. The van der Waals surface area contributed by atoms with Crippen molar-refractivity contribution in [2.75, 3.05) is 51.4 Å². The van der Waals surface area contributed by atoms with Gasteiger partial charge in [-0.25, -0.2) is 13.1 Å². The van der Waals surface area contributed by atoms with Crippen LogP contribution in [0.2, 0.25) is 0 Å². The van der Waals surface area contributed by atoms with Crippen LogP contribution in [0.25, 0.3) is 0 Å². The van der Waals surface area contributed by atoms with Crippen LogP contribution in [-0.2, 0) is 21.3 Å². The van der Waals surface area contributed by atoms with E-state index in [1.807, 2.05) is 24.3 Å². The molecule has 2 aliphatic rings. The predicted molar refractivity (Wildman–Crippen MR) is 131 cm³/mol. The molecular weight excluding hydrogens is 454 g/mol. The van der Waals surface area contributed by atoms with Gasteiger partial charge in [-0.15, -0.1) is 0 Å². The highest BCUT2D eigenvalue weighted by molar-refractivity contribution is 7.89. The Labute approximate surface area is 201 Å². The van der Waals surface area contributed by atoms with Crippen LogP contribution in [0.3, 0.4) is 0 Å². The zero-order chi connectivity index (χ0) is 24.0. The summed E-state index contributed by atoms with van der Waals surface area (Å²) >= 11 is 0. The molecule has 1 amide bonds. The van der Waals surface area contributed by atoms with Crippen molar-refractivity contribution in [2.24, 2.45) is 0 Å². The number of anilines is 1. The lowest BCUT2D eigenvalue weighted by Crippen LogP contribution is -2.36. The van der Waals surface area contributed by atoms with E-state index in [-0.39, 0.29) is 22.9 Å². The highest BCUT2D eigenvalue weighted by Crippen LogP contribution is 2.25. The number of likely N-dealkylation sites (tertiary alicyclic amines) is 1. The first-order chi connectivity index (χ1) is 16.5. The Hall–Kier alpha value is -2.62. The summed E-state index contributed by atoms with van der Waals surface area (Å²) in [5.41, 5.74) is 2.24. The van der Waals surface area contributed by atoms with E-state index in [1.165, 1.54) is 19.2 Å². The third-order valence-electron chi connectivity index (χ3n) is 6.38. The predicted octanol–water partition coefficient (Wildman–Crippen LogP) is 3.03. The minimum Gasteiger partial charge on any atom is -0.496 e. The van der Waals surface area contributed by atoms with Crippen molar-refractivity contribution < 1.29 is 22.7 Å². The molecule has 34 heavy (non-hydrogen) atoms. The van der Waals surface area contributed by atoms with E-state index >= 15 is 0 Å². The van der Waals surface area contributed by atoms with Crippen LogP contribution in [0.1, 0.15) is 41.6 Å². The molecule has 4 rings (SSSR count). The van der Waals surface area contributed by atoms with E-state index in [0.29, 0.717) is 32.1 Å². The number of rotatable bonds is 7. The normalized spacial score (nSPS) is 17.3. The molecule has 0 aliphatic carbocycles. The van der Waals surface area contributed by atoms with Crippen LogP contribution >= 0.6 is 0 Å². The lowest BCUT2D eigenvalue weighted by Gasteiger charge is -2.28. The largest absolute Gasteiger partial charge is 0.496 e. The van der Waals surface area contributed by atoms with Crippen molar-refractivity contribution >= 4 is 21.6 Å². The van der Waals surface area contributed by atoms with Crippen molar-refractivity contribution in [1.82, 2.24) is 9.62 Å². The van der Waals surface area contributed by atoms with Gasteiger partial charge in [0.15, 0.2) is 0 Å². The number of morpholine rings is 1. The maximum absolute atomic E-state index is 13.2. The molecule has 8 nitrogen and oxygen atoms in total. The molecule has 0 unspecified atom stereocenters. The third kappa shape index (κ3) is 5.89. The van der Waals surface area contributed by atoms with Crippen molar-refractivity contribution in [1.29, 1.82) is 0 Å². The molecule has 9 heteroatoms. The zero-order valence-electron chi connectivity index (χ0n) is 19.7. The maximum atomic E-state index is 13.2. The average Bonchev–Trinajstić information content (AvgIpc) is 3.17. The second-order valence-electron chi connectivity index (χ2n) is 8.66. The van der Waals surface area contributed by atoms with Gasteiger partial charge in [0.25, 0.3) is 5.91 Å². The van der Waals surface area contributed by atoms with Gasteiger partial charge in [-0.3, -0.25) is 4.79 Å².